The van der Waals surface area contributed by atoms with Gasteiger partial charge in [0.25, 0.3) is 0 Å². The van der Waals surface area contributed by atoms with E-state index in [-0.39, 0.29) is 19.4 Å². The molecule has 4 N–H and O–H groups in total. The first kappa shape index (κ1) is 50.4. The lowest BCUT2D eigenvalue weighted by molar-refractivity contribution is -0.161. The van der Waals surface area contributed by atoms with Crippen LogP contribution in [0.4, 0.5) is 0 Å². The van der Waals surface area contributed by atoms with Crippen LogP contribution < -0.4 is 5.73 Å². The third-order valence-corrected chi connectivity index (χ3v) is 9.26. The number of nitrogens with two attached hydrogens (primary N) is 1. The molecule has 0 aliphatic heterocycles. The average molecular weight is 770 g/mol. The first-order valence-electron chi connectivity index (χ1n) is 20.2. The van der Waals surface area contributed by atoms with Crippen LogP contribution in [-0.2, 0) is 37.5 Å². The minimum atomic E-state index is -4.72. The molecular formula is C41H72NO10P. The van der Waals surface area contributed by atoms with Gasteiger partial charge in [-0.2, -0.15) is 0 Å². The molecule has 0 bridgehead atoms. The van der Waals surface area contributed by atoms with Gasteiger partial charge in [0.05, 0.1) is 13.2 Å². The zero-order valence-electron chi connectivity index (χ0n) is 32.8. The third kappa shape index (κ3) is 36.2. The zero-order valence-corrected chi connectivity index (χ0v) is 33.7. The van der Waals surface area contributed by atoms with Gasteiger partial charge in [-0.15, -0.1) is 0 Å². The van der Waals surface area contributed by atoms with Crippen LogP contribution in [0.2, 0.25) is 0 Å². The van der Waals surface area contributed by atoms with Crippen LogP contribution >= 0.6 is 7.82 Å². The molecule has 3 atom stereocenters. The van der Waals surface area contributed by atoms with Gasteiger partial charge in [0, 0.05) is 12.8 Å². The summed E-state index contributed by atoms with van der Waals surface area (Å²) in [6.45, 7) is 2.64. The molecule has 0 spiro atoms. The molecule has 0 saturated heterocycles. The quantitative estimate of drug-likeness (QED) is 0.0238. The fourth-order valence-electron chi connectivity index (χ4n) is 5.13. The van der Waals surface area contributed by atoms with E-state index >= 15 is 0 Å². The maximum atomic E-state index is 12.6. The van der Waals surface area contributed by atoms with Gasteiger partial charge in [-0.3, -0.25) is 23.4 Å². The Hall–Kier alpha value is -2.56. The van der Waals surface area contributed by atoms with Crippen LogP contribution in [0.25, 0.3) is 0 Å². The predicted molar refractivity (Wildman–Crippen MR) is 212 cm³/mol. The number of phosphoric ester groups is 1. The van der Waals surface area contributed by atoms with Gasteiger partial charge in [0.1, 0.15) is 12.6 Å². The maximum Gasteiger partial charge on any atom is 0.472 e. The number of unbranched alkanes of at least 4 members (excludes halogenated alkanes) is 15. The molecule has 11 nitrogen and oxygen atoms in total. The molecule has 0 rings (SSSR count). The number of hydrogen-bond donors (Lipinski definition) is 3. The number of aliphatic carboxylic acids is 1. The van der Waals surface area contributed by atoms with Crippen LogP contribution in [-0.4, -0.2) is 59.9 Å². The highest BCUT2D eigenvalue weighted by molar-refractivity contribution is 7.47. The maximum absolute atomic E-state index is 12.6. The fourth-order valence-corrected chi connectivity index (χ4v) is 5.91. The van der Waals surface area contributed by atoms with Crippen molar-refractivity contribution in [2.45, 2.75) is 174 Å². The first-order chi connectivity index (χ1) is 25.6. The molecule has 0 heterocycles. The van der Waals surface area contributed by atoms with E-state index in [1.807, 2.05) is 0 Å². The van der Waals surface area contributed by atoms with E-state index in [1.165, 1.54) is 32.1 Å². The lowest BCUT2D eigenvalue weighted by Crippen LogP contribution is -2.34. The van der Waals surface area contributed by atoms with E-state index in [0.717, 1.165) is 89.9 Å². The predicted octanol–water partition coefficient (Wildman–Crippen LogP) is 10.2. The minimum absolute atomic E-state index is 0.139. The fraction of sp³-hybridized carbons (Fsp3) is 0.732. The van der Waals surface area contributed by atoms with Crippen molar-refractivity contribution in [1.29, 1.82) is 0 Å². The SMILES string of the molecule is CC/C=C\C/C=C\C/C=C\CCCCCCCC(=O)O[C@H](COC(=O)CCCCCCC/C=C\CCCCCCC)COP(=O)(O)OC[C@H](N)C(=O)O. The van der Waals surface area contributed by atoms with Crippen molar-refractivity contribution >= 4 is 25.7 Å². The van der Waals surface area contributed by atoms with Crippen molar-refractivity contribution in [3.63, 3.8) is 0 Å². The Bertz CT molecular complexity index is 1090. The Morgan fingerprint density at radius 2 is 1.06 bits per heavy atom. The molecule has 0 fully saturated rings. The average Bonchev–Trinajstić information content (AvgIpc) is 3.13. The summed E-state index contributed by atoms with van der Waals surface area (Å²) in [6, 6.07) is -1.53. The van der Waals surface area contributed by atoms with Gasteiger partial charge in [-0.1, -0.05) is 127 Å². The van der Waals surface area contributed by atoms with E-state index < -0.39 is 51.1 Å². The monoisotopic (exact) mass is 769 g/mol. The first-order valence-corrected chi connectivity index (χ1v) is 21.7. The molecule has 0 aromatic rings. The molecule has 53 heavy (non-hydrogen) atoms. The number of carbonyl (C=O) groups excluding carboxylic acids is 2. The lowest BCUT2D eigenvalue weighted by atomic mass is 10.1. The molecule has 1 unspecified atom stereocenters. The van der Waals surface area contributed by atoms with Gasteiger partial charge < -0.3 is 25.2 Å². The van der Waals surface area contributed by atoms with Gasteiger partial charge in [-0.25, -0.2) is 4.57 Å². The standard InChI is InChI=1S/C41H72NO10P/c1-3-5-7-9-11-13-15-17-19-21-23-25-27-29-31-33-40(44)52-37(35-50-53(47,48)51-36-38(42)41(45)46)34-49-39(43)32-30-28-26-24-22-20-18-16-14-12-10-8-6-4-2/h5,7,11,13,16-19,37-38H,3-4,6,8-10,12,14-15,20-36,42H2,1-2H3,(H,45,46)(H,47,48)/b7-5-,13-11-,18-16-,19-17-/t37-,38+/m1/s1. The van der Waals surface area contributed by atoms with E-state index in [9.17, 15) is 23.8 Å². The van der Waals surface area contributed by atoms with Crippen LogP contribution in [0.1, 0.15) is 162 Å². The van der Waals surface area contributed by atoms with Gasteiger partial charge in [0.15, 0.2) is 6.10 Å². The Labute approximate surface area is 320 Å². The molecule has 0 amide bonds. The highest BCUT2D eigenvalue weighted by atomic mass is 31.2. The van der Waals surface area contributed by atoms with Crippen molar-refractivity contribution in [2.24, 2.45) is 5.73 Å². The molecule has 0 aliphatic carbocycles. The van der Waals surface area contributed by atoms with E-state index in [4.69, 9.17) is 24.8 Å². The number of rotatable bonds is 37. The molecule has 12 heteroatoms. The largest absolute Gasteiger partial charge is 0.480 e. The van der Waals surface area contributed by atoms with Gasteiger partial charge in [0.2, 0.25) is 0 Å². The zero-order chi connectivity index (χ0) is 39.3. The van der Waals surface area contributed by atoms with Crippen molar-refractivity contribution in [3.8, 4) is 0 Å². The Kier molecular flexibility index (Phi) is 34.7. The minimum Gasteiger partial charge on any atom is -0.480 e. The summed E-state index contributed by atoms with van der Waals surface area (Å²) < 4.78 is 32.6. The molecule has 0 aliphatic rings. The number of carboxylic acid groups (broad SMARTS) is 1. The number of carbonyl (C=O) groups is 3. The van der Waals surface area contributed by atoms with E-state index in [0.29, 0.717) is 12.8 Å². The number of carboxylic acids is 1. The number of esters is 2. The Morgan fingerprint density at radius 1 is 0.604 bits per heavy atom. The summed E-state index contributed by atoms with van der Waals surface area (Å²) in [5, 5.41) is 8.87. The van der Waals surface area contributed by atoms with Gasteiger partial charge in [-0.05, 0) is 70.6 Å². The molecule has 0 aromatic carbocycles. The topological polar surface area (TPSA) is 172 Å². The molecule has 306 valence electrons. The second-order valence-corrected chi connectivity index (χ2v) is 14.8. The second-order valence-electron chi connectivity index (χ2n) is 13.4. The summed E-state index contributed by atoms with van der Waals surface area (Å²) in [5.41, 5.74) is 5.32. The second kappa shape index (κ2) is 36.4. The van der Waals surface area contributed by atoms with Crippen LogP contribution in [0.5, 0.6) is 0 Å². The number of ether oxygens (including phenoxy) is 2. The molecule has 0 radical (unpaired) electrons. The van der Waals surface area contributed by atoms with E-state index in [1.54, 1.807) is 0 Å². The highest BCUT2D eigenvalue weighted by Crippen LogP contribution is 2.43. The summed E-state index contributed by atoms with van der Waals surface area (Å²) in [5.74, 6) is -2.42. The smallest absolute Gasteiger partial charge is 0.472 e. The summed E-state index contributed by atoms with van der Waals surface area (Å²) in [6.07, 6.45) is 38.9. The third-order valence-electron chi connectivity index (χ3n) is 8.31. The van der Waals surface area contributed by atoms with Crippen molar-refractivity contribution in [3.05, 3.63) is 48.6 Å². The van der Waals surface area contributed by atoms with Crippen LogP contribution in [0.15, 0.2) is 48.6 Å². The van der Waals surface area contributed by atoms with Crippen LogP contribution in [0.3, 0.4) is 0 Å². The summed E-state index contributed by atoms with van der Waals surface area (Å²) in [4.78, 5) is 45.8. The number of allylic oxidation sites excluding steroid dienone is 8. The van der Waals surface area contributed by atoms with Crippen molar-refractivity contribution < 1.29 is 47.5 Å². The Morgan fingerprint density at radius 3 is 1.60 bits per heavy atom. The highest BCUT2D eigenvalue weighted by Gasteiger charge is 2.28. The van der Waals surface area contributed by atoms with E-state index in [2.05, 4.69) is 67.0 Å². The van der Waals surface area contributed by atoms with Crippen molar-refractivity contribution in [1.82, 2.24) is 0 Å². The Balaban J connectivity index is 4.46. The number of hydrogen-bond acceptors (Lipinski definition) is 9. The van der Waals surface area contributed by atoms with Crippen LogP contribution in [0, 0.1) is 0 Å². The summed E-state index contributed by atoms with van der Waals surface area (Å²) in [7, 11) is -4.72. The van der Waals surface area contributed by atoms with Gasteiger partial charge >= 0.3 is 25.7 Å². The molecular weight excluding hydrogens is 697 g/mol. The normalized spacial score (nSPS) is 14.3. The molecule has 0 aromatic heterocycles. The lowest BCUT2D eigenvalue weighted by Gasteiger charge is -2.20. The van der Waals surface area contributed by atoms with Crippen molar-refractivity contribution in [2.75, 3.05) is 19.8 Å². The summed E-state index contributed by atoms with van der Waals surface area (Å²) >= 11 is 0. The number of phosphoric acid groups is 1. The molecule has 0 saturated carbocycles.